The van der Waals surface area contributed by atoms with Crippen LogP contribution in [0, 0.1) is 0 Å². The van der Waals surface area contributed by atoms with Crippen LogP contribution >= 0.6 is 7.82 Å². The van der Waals surface area contributed by atoms with Crippen molar-refractivity contribution in [1.29, 1.82) is 0 Å². The van der Waals surface area contributed by atoms with Crippen LogP contribution in [0.3, 0.4) is 0 Å². The zero-order valence-corrected chi connectivity index (χ0v) is 58.9. The average Bonchev–Trinajstić information content (AvgIpc) is 3.70. The quantitative estimate of drug-likeness (QED) is 0.0212. The summed E-state index contributed by atoms with van der Waals surface area (Å²) in [6, 6.07) is -0.895. The van der Waals surface area contributed by atoms with Crippen molar-refractivity contribution in [3.63, 3.8) is 0 Å². The third-order valence-corrected chi connectivity index (χ3v) is 17.3. The Morgan fingerprint density at radius 1 is 0.414 bits per heavy atom. The minimum Gasteiger partial charge on any atom is -0.756 e. The summed E-state index contributed by atoms with van der Waals surface area (Å²) in [6.45, 7) is 6.77. The Morgan fingerprint density at radius 3 is 1.10 bits per heavy atom. The fraction of sp³-hybridized carbons (Fsp3) is 0.792. The highest BCUT2D eigenvalue weighted by atomic mass is 31.2. The molecule has 0 saturated heterocycles. The topological polar surface area (TPSA) is 114 Å². The number of esters is 1. The number of hydrogen-bond donors (Lipinski definition) is 1. The van der Waals surface area contributed by atoms with Gasteiger partial charge in [0.15, 0.2) is 0 Å². The zero-order chi connectivity index (χ0) is 63.5. The van der Waals surface area contributed by atoms with Gasteiger partial charge < -0.3 is 28.5 Å². The first-order chi connectivity index (χ1) is 42.4. The van der Waals surface area contributed by atoms with Gasteiger partial charge >= 0.3 is 5.97 Å². The van der Waals surface area contributed by atoms with E-state index in [1.165, 1.54) is 199 Å². The Morgan fingerprint density at radius 2 is 0.736 bits per heavy atom. The summed E-state index contributed by atoms with van der Waals surface area (Å²) in [5.41, 5.74) is 0. The van der Waals surface area contributed by atoms with Gasteiger partial charge in [0.2, 0.25) is 5.91 Å². The zero-order valence-electron chi connectivity index (χ0n) is 58.0. The second-order valence-electron chi connectivity index (χ2n) is 26.1. The molecule has 0 radical (unpaired) electrons. The smallest absolute Gasteiger partial charge is 0.306 e. The molecule has 1 amide bonds. The van der Waals surface area contributed by atoms with Crippen molar-refractivity contribution in [1.82, 2.24) is 5.32 Å². The highest BCUT2D eigenvalue weighted by molar-refractivity contribution is 7.45. The standard InChI is InChI=1S/C77H141N2O7P/c1-7-10-13-16-19-22-25-28-30-32-34-36-37-38-39-40-41-43-45-47-49-52-55-58-61-64-67-70-77(81)86-75(68-65-62-59-56-53-50-27-24-21-18-15-12-9-3)74(73-85-87(82,83)84-72-71-79(4,5)6)78-76(80)69-66-63-60-57-54-51-48-46-44-42-35-33-31-29-26-23-20-17-14-11-8-2/h10,13,19,22,28,30,34,36,38-39,41,43,65,68,74-75H,7-9,11-12,14-18,20-21,23-27,29,31-33,35,37,40,42,44-64,66-67,69-73H2,1-6H3,(H-,78,80,82,83)/b13-10-,22-19-,30-28-,36-34-,39-38-,43-41-,68-65+. The van der Waals surface area contributed by atoms with Crippen LogP contribution in [0.25, 0.3) is 0 Å². The number of hydrogen-bond acceptors (Lipinski definition) is 7. The Labute approximate surface area is 539 Å². The molecular weight excluding hydrogens is 1100 g/mol. The van der Waals surface area contributed by atoms with Gasteiger partial charge in [-0.15, -0.1) is 0 Å². The number of carbonyl (C=O) groups is 2. The van der Waals surface area contributed by atoms with Crippen LogP contribution in [-0.2, 0) is 27.9 Å². The van der Waals surface area contributed by atoms with Gasteiger partial charge in [0.1, 0.15) is 19.3 Å². The molecule has 3 atom stereocenters. The molecular formula is C77H141N2O7P. The van der Waals surface area contributed by atoms with Crippen molar-refractivity contribution in [3.05, 3.63) is 85.1 Å². The molecule has 0 aliphatic carbocycles. The maximum atomic E-state index is 13.6. The summed E-state index contributed by atoms with van der Waals surface area (Å²) in [6.07, 6.45) is 88.5. The van der Waals surface area contributed by atoms with Crippen LogP contribution in [-0.4, -0.2) is 69.4 Å². The summed E-state index contributed by atoms with van der Waals surface area (Å²) in [7, 11) is 1.19. The summed E-state index contributed by atoms with van der Waals surface area (Å²) >= 11 is 0. The number of amides is 1. The van der Waals surface area contributed by atoms with E-state index >= 15 is 0 Å². The Balaban J connectivity index is 5.08. The number of unbranched alkanes of at least 4 members (excludes halogenated alkanes) is 39. The average molecular weight is 1240 g/mol. The minimum absolute atomic E-state index is 0.0247. The summed E-state index contributed by atoms with van der Waals surface area (Å²) in [5, 5.41) is 3.05. The van der Waals surface area contributed by atoms with E-state index in [9.17, 15) is 19.0 Å². The molecule has 1 N–H and O–H groups in total. The van der Waals surface area contributed by atoms with E-state index in [0.717, 1.165) is 109 Å². The van der Waals surface area contributed by atoms with Crippen molar-refractivity contribution in [2.75, 3.05) is 40.9 Å². The molecule has 3 unspecified atom stereocenters. The van der Waals surface area contributed by atoms with Gasteiger partial charge in [0.05, 0.1) is 33.8 Å². The van der Waals surface area contributed by atoms with Crippen molar-refractivity contribution in [2.24, 2.45) is 0 Å². The number of likely N-dealkylation sites (N-methyl/N-ethyl adjacent to an activating group) is 1. The first-order valence-corrected chi connectivity index (χ1v) is 38.4. The number of nitrogens with zero attached hydrogens (tertiary/aromatic N) is 1. The van der Waals surface area contributed by atoms with Crippen LogP contribution in [0.2, 0.25) is 0 Å². The predicted octanol–water partition coefficient (Wildman–Crippen LogP) is 23.0. The molecule has 87 heavy (non-hydrogen) atoms. The lowest BCUT2D eigenvalue weighted by atomic mass is 10.0. The molecule has 0 fully saturated rings. The van der Waals surface area contributed by atoms with Gasteiger partial charge in [0, 0.05) is 12.8 Å². The fourth-order valence-electron chi connectivity index (χ4n) is 10.7. The number of nitrogens with one attached hydrogen (secondary N) is 1. The number of ether oxygens (including phenoxy) is 1. The molecule has 0 spiro atoms. The fourth-order valence-corrected chi connectivity index (χ4v) is 11.4. The molecule has 0 aromatic carbocycles. The normalized spacial score (nSPS) is 14.0. The molecule has 0 saturated carbocycles. The molecule has 0 aromatic heterocycles. The van der Waals surface area contributed by atoms with E-state index in [1.54, 1.807) is 0 Å². The molecule has 0 aliphatic rings. The second-order valence-corrected chi connectivity index (χ2v) is 27.5. The summed E-state index contributed by atoms with van der Waals surface area (Å²) < 4.78 is 30.5. The largest absolute Gasteiger partial charge is 0.756 e. The summed E-state index contributed by atoms with van der Waals surface area (Å²) in [5.74, 6) is -0.538. The van der Waals surface area contributed by atoms with Crippen molar-refractivity contribution in [3.8, 4) is 0 Å². The third kappa shape index (κ3) is 67.4. The van der Waals surface area contributed by atoms with Gasteiger partial charge in [-0.3, -0.25) is 14.2 Å². The van der Waals surface area contributed by atoms with Gasteiger partial charge in [-0.2, -0.15) is 0 Å². The molecule has 9 nitrogen and oxygen atoms in total. The van der Waals surface area contributed by atoms with E-state index in [-0.39, 0.29) is 24.9 Å². The van der Waals surface area contributed by atoms with Gasteiger partial charge in [-0.05, 0) is 83.1 Å². The number of allylic oxidation sites excluding steroid dienone is 13. The molecule has 0 aliphatic heterocycles. The molecule has 506 valence electrons. The molecule has 10 heteroatoms. The third-order valence-electron chi connectivity index (χ3n) is 16.3. The summed E-state index contributed by atoms with van der Waals surface area (Å²) in [4.78, 5) is 40.3. The highest BCUT2D eigenvalue weighted by Crippen LogP contribution is 2.38. The number of phosphoric ester groups is 1. The molecule has 0 aromatic rings. The maximum absolute atomic E-state index is 13.6. The van der Waals surface area contributed by atoms with Crippen LogP contribution in [0.4, 0.5) is 0 Å². The van der Waals surface area contributed by atoms with Crippen molar-refractivity contribution < 1.29 is 37.3 Å². The van der Waals surface area contributed by atoms with Crippen LogP contribution < -0.4 is 10.2 Å². The van der Waals surface area contributed by atoms with Crippen LogP contribution in [0.5, 0.6) is 0 Å². The highest BCUT2D eigenvalue weighted by Gasteiger charge is 2.27. The van der Waals surface area contributed by atoms with E-state index in [4.69, 9.17) is 13.8 Å². The van der Waals surface area contributed by atoms with E-state index in [0.29, 0.717) is 17.4 Å². The first kappa shape index (κ1) is 84.2. The van der Waals surface area contributed by atoms with Gasteiger partial charge in [-0.25, -0.2) is 0 Å². The Hall–Kier alpha value is -2.81. The second kappa shape index (κ2) is 66.1. The predicted molar refractivity (Wildman–Crippen MR) is 376 cm³/mol. The Bertz CT molecular complexity index is 1760. The first-order valence-electron chi connectivity index (χ1n) is 36.9. The van der Waals surface area contributed by atoms with E-state index in [2.05, 4.69) is 99.0 Å². The number of quaternary nitrogens is 1. The minimum atomic E-state index is -4.71. The Kier molecular flexibility index (Phi) is 64.0. The van der Waals surface area contributed by atoms with E-state index < -0.39 is 26.6 Å². The van der Waals surface area contributed by atoms with Gasteiger partial charge in [0.25, 0.3) is 7.82 Å². The SMILES string of the molecule is CC/C=C\C/C=C\C/C=C\C/C=C\C/C=C\C/C=C\CCCCCCCCCCC(=O)OC(/C=C/CCCCCCCCCCCCC)C(COP(=O)([O-])OCC[N+](C)(C)C)NC(=O)CCCCCCCCCCCCCCCCCCCCCCC. The maximum Gasteiger partial charge on any atom is 0.306 e. The lowest BCUT2D eigenvalue weighted by Crippen LogP contribution is -2.47. The monoisotopic (exact) mass is 1240 g/mol. The lowest BCUT2D eigenvalue weighted by Gasteiger charge is -2.30. The molecule has 0 rings (SSSR count). The van der Waals surface area contributed by atoms with Crippen LogP contribution in [0.15, 0.2) is 85.1 Å². The van der Waals surface area contributed by atoms with Crippen LogP contribution in [0.1, 0.15) is 342 Å². The lowest BCUT2D eigenvalue weighted by molar-refractivity contribution is -0.870. The molecule has 0 heterocycles. The number of phosphoric acid groups is 1. The van der Waals surface area contributed by atoms with Crippen molar-refractivity contribution >= 4 is 19.7 Å². The number of rotatable bonds is 67. The molecule has 0 bridgehead atoms. The number of carbonyl (C=O) groups excluding carboxylic acids is 2. The van der Waals surface area contributed by atoms with Crippen molar-refractivity contribution in [2.45, 2.75) is 354 Å². The van der Waals surface area contributed by atoms with Gasteiger partial charge in [-0.1, -0.05) is 331 Å². The van der Waals surface area contributed by atoms with E-state index in [1.807, 2.05) is 33.3 Å².